The molecule has 0 atom stereocenters. The van der Waals surface area contributed by atoms with Crippen molar-refractivity contribution in [3.05, 3.63) is 36.6 Å². The van der Waals surface area contributed by atoms with Crippen molar-refractivity contribution >= 4 is 0 Å². The van der Waals surface area contributed by atoms with Crippen LogP contribution in [0.4, 0.5) is 0 Å². The lowest BCUT2D eigenvalue weighted by molar-refractivity contribution is 0.180. The third-order valence-electron chi connectivity index (χ3n) is 2.53. The Hall–Kier alpha value is -1.02. The molecule has 0 amide bonds. The van der Waals surface area contributed by atoms with E-state index in [9.17, 15) is 0 Å². The van der Waals surface area contributed by atoms with Crippen molar-refractivity contribution in [3.63, 3.8) is 0 Å². The van der Waals surface area contributed by atoms with Crippen LogP contribution in [0.5, 0.6) is 0 Å². The van der Waals surface area contributed by atoms with E-state index in [2.05, 4.69) is 11.5 Å². The fraction of sp³-hybridized carbons (Fsp3) is 0.538. The minimum Gasteiger partial charge on any atom is -0.492 e. The van der Waals surface area contributed by atoms with Gasteiger partial charge in [0.1, 0.15) is 12.4 Å². The fourth-order valence-corrected chi connectivity index (χ4v) is 1.66. The van der Waals surface area contributed by atoms with Crippen LogP contribution in [0, 0.1) is 0 Å². The van der Waals surface area contributed by atoms with Gasteiger partial charge in [-0.1, -0.05) is 18.7 Å². The largest absolute Gasteiger partial charge is 0.492 e. The Balaban J connectivity index is 2.19. The van der Waals surface area contributed by atoms with Gasteiger partial charge in [0.25, 0.3) is 0 Å². The third kappa shape index (κ3) is 4.84. The van der Waals surface area contributed by atoms with Gasteiger partial charge in [-0.05, 0) is 45.0 Å². The van der Waals surface area contributed by atoms with Crippen LogP contribution in [-0.4, -0.2) is 31.1 Å². The van der Waals surface area contributed by atoms with Crippen molar-refractivity contribution in [3.8, 4) is 0 Å². The second kappa shape index (κ2) is 7.30. The number of ether oxygens (including phenoxy) is 1. The molecule has 1 saturated heterocycles. The Labute approximate surface area is 92.9 Å². The molecule has 0 aliphatic carbocycles. The minimum atomic E-state index is 0.759. The lowest BCUT2D eigenvalue weighted by Gasteiger charge is -2.14. The van der Waals surface area contributed by atoms with Crippen molar-refractivity contribution in [2.24, 2.45) is 0 Å². The van der Waals surface area contributed by atoms with E-state index in [4.69, 9.17) is 4.74 Å². The Morgan fingerprint density at radius 3 is 2.73 bits per heavy atom. The van der Waals surface area contributed by atoms with Gasteiger partial charge in [-0.15, -0.1) is 0 Å². The van der Waals surface area contributed by atoms with E-state index < -0.39 is 0 Å². The van der Waals surface area contributed by atoms with Gasteiger partial charge in [0, 0.05) is 6.54 Å². The quantitative estimate of drug-likeness (QED) is 0.490. The van der Waals surface area contributed by atoms with Gasteiger partial charge in [-0.25, -0.2) is 0 Å². The molecular formula is C13H21NO. The van der Waals surface area contributed by atoms with E-state index >= 15 is 0 Å². The average Bonchev–Trinajstić information content (AvgIpc) is 2.76. The van der Waals surface area contributed by atoms with E-state index in [-0.39, 0.29) is 0 Å². The van der Waals surface area contributed by atoms with Crippen LogP contribution in [0.1, 0.15) is 19.8 Å². The van der Waals surface area contributed by atoms with Gasteiger partial charge >= 0.3 is 0 Å². The third-order valence-corrected chi connectivity index (χ3v) is 2.53. The molecule has 1 aliphatic heterocycles. The van der Waals surface area contributed by atoms with E-state index in [1.54, 1.807) is 6.08 Å². The maximum absolute atomic E-state index is 5.61. The van der Waals surface area contributed by atoms with Gasteiger partial charge in [0.2, 0.25) is 0 Å². The van der Waals surface area contributed by atoms with E-state index in [1.807, 2.05) is 25.2 Å². The fourth-order valence-electron chi connectivity index (χ4n) is 1.66. The summed E-state index contributed by atoms with van der Waals surface area (Å²) in [6.45, 7) is 9.95. The zero-order chi connectivity index (χ0) is 10.9. The summed E-state index contributed by atoms with van der Waals surface area (Å²) in [5.41, 5.74) is 0. The van der Waals surface area contributed by atoms with Crippen LogP contribution < -0.4 is 0 Å². The van der Waals surface area contributed by atoms with Gasteiger partial charge in [0.05, 0.1) is 0 Å². The van der Waals surface area contributed by atoms with E-state index in [0.29, 0.717) is 0 Å². The molecule has 0 unspecified atom stereocenters. The second-order valence-corrected chi connectivity index (χ2v) is 3.70. The minimum absolute atomic E-state index is 0.759. The average molecular weight is 207 g/mol. The van der Waals surface area contributed by atoms with E-state index in [0.717, 1.165) is 18.9 Å². The van der Waals surface area contributed by atoms with Crippen molar-refractivity contribution in [2.45, 2.75) is 19.8 Å². The maximum Gasteiger partial charge on any atom is 0.118 e. The molecule has 0 N–H and O–H groups in total. The first-order chi connectivity index (χ1) is 7.36. The highest BCUT2D eigenvalue weighted by Crippen LogP contribution is 2.07. The number of hydrogen-bond donors (Lipinski definition) is 0. The number of likely N-dealkylation sites (tertiary alicyclic amines) is 1. The zero-order valence-electron chi connectivity index (χ0n) is 9.61. The molecule has 2 heteroatoms. The maximum atomic E-state index is 5.61. The lowest BCUT2D eigenvalue weighted by Crippen LogP contribution is -2.23. The van der Waals surface area contributed by atoms with E-state index in [1.165, 1.54) is 25.9 Å². The van der Waals surface area contributed by atoms with Crippen LogP contribution in [-0.2, 0) is 4.74 Å². The molecule has 1 rings (SSSR count). The molecule has 1 aliphatic rings. The summed E-state index contributed by atoms with van der Waals surface area (Å²) in [6.07, 6.45) is 10.3. The Bertz CT molecular complexity index is 237. The molecule has 2 nitrogen and oxygen atoms in total. The van der Waals surface area contributed by atoms with Crippen LogP contribution in [0.15, 0.2) is 36.6 Å². The Morgan fingerprint density at radius 1 is 1.40 bits per heavy atom. The van der Waals surface area contributed by atoms with Crippen LogP contribution in [0.25, 0.3) is 0 Å². The normalized spacial score (nSPS) is 18.6. The summed E-state index contributed by atoms with van der Waals surface area (Å²) in [4.78, 5) is 2.44. The molecular weight excluding hydrogens is 186 g/mol. The Morgan fingerprint density at radius 2 is 2.13 bits per heavy atom. The number of nitrogens with zero attached hydrogens (tertiary/aromatic N) is 1. The molecule has 0 aromatic carbocycles. The molecule has 0 aromatic rings. The van der Waals surface area contributed by atoms with Gasteiger partial charge in [0.15, 0.2) is 0 Å². The summed E-state index contributed by atoms with van der Waals surface area (Å²) >= 11 is 0. The van der Waals surface area contributed by atoms with Crippen molar-refractivity contribution in [1.29, 1.82) is 0 Å². The molecule has 0 radical (unpaired) electrons. The molecule has 15 heavy (non-hydrogen) atoms. The predicted octanol–water partition coefficient (Wildman–Crippen LogP) is 2.74. The summed E-state index contributed by atoms with van der Waals surface area (Å²) in [6, 6.07) is 0. The highest BCUT2D eigenvalue weighted by atomic mass is 16.5. The summed E-state index contributed by atoms with van der Waals surface area (Å²) in [5, 5.41) is 0. The van der Waals surface area contributed by atoms with Crippen LogP contribution >= 0.6 is 0 Å². The lowest BCUT2D eigenvalue weighted by atomic mass is 10.4. The highest BCUT2D eigenvalue weighted by molar-refractivity contribution is 5.15. The monoisotopic (exact) mass is 207 g/mol. The van der Waals surface area contributed by atoms with Gasteiger partial charge in [-0.3, -0.25) is 4.90 Å². The van der Waals surface area contributed by atoms with Crippen LogP contribution in [0.2, 0.25) is 0 Å². The molecule has 0 aromatic heterocycles. The number of rotatable bonds is 6. The van der Waals surface area contributed by atoms with Gasteiger partial charge < -0.3 is 4.74 Å². The van der Waals surface area contributed by atoms with Crippen molar-refractivity contribution in [1.82, 2.24) is 4.90 Å². The smallest absolute Gasteiger partial charge is 0.118 e. The molecule has 0 spiro atoms. The second-order valence-electron chi connectivity index (χ2n) is 3.70. The number of allylic oxidation sites excluding steroid dienone is 4. The first-order valence-electron chi connectivity index (χ1n) is 5.67. The summed E-state index contributed by atoms with van der Waals surface area (Å²) < 4.78 is 5.61. The molecule has 1 heterocycles. The summed E-state index contributed by atoms with van der Waals surface area (Å²) in [5.74, 6) is 0.854. The number of hydrogen-bond acceptors (Lipinski definition) is 2. The van der Waals surface area contributed by atoms with Crippen molar-refractivity contribution < 1.29 is 4.74 Å². The summed E-state index contributed by atoms with van der Waals surface area (Å²) in [7, 11) is 0. The SMILES string of the molecule is C=C/C(=C\C=C\C)OCCN1CCCC1. The van der Waals surface area contributed by atoms with Crippen LogP contribution in [0.3, 0.4) is 0 Å². The highest BCUT2D eigenvalue weighted by Gasteiger charge is 2.10. The first-order valence-corrected chi connectivity index (χ1v) is 5.67. The Kier molecular flexibility index (Phi) is 5.86. The standard InChI is InChI=1S/C13H21NO/c1-3-5-8-13(4-2)15-12-11-14-9-6-7-10-14/h3-5,8H,2,6-7,9-12H2,1H3/b5-3+,13-8+. The molecule has 84 valence electrons. The molecule has 0 saturated carbocycles. The van der Waals surface area contributed by atoms with Crippen molar-refractivity contribution in [2.75, 3.05) is 26.2 Å². The molecule has 1 fully saturated rings. The zero-order valence-corrected chi connectivity index (χ0v) is 9.61. The predicted molar refractivity (Wildman–Crippen MR) is 64.7 cm³/mol. The molecule has 0 bridgehead atoms. The topological polar surface area (TPSA) is 12.5 Å². The van der Waals surface area contributed by atoms with Gasteiger partial charge in [-0.2, -0.15) is 0 Å². The first kappa shape index (κ1) is 12.1.